The fourth-order valence-electron chi connectivity index (χ4n) is 2.03. The van der Waals surface area contributed by atoms with Crippen LogP contribution >= 0.6 is 0 Å². The Balaban J connectivity index is 2.00. The molecule has 152 valence electrons. The van der Waals surface area contributed by atoms with Gasteiger partial charge in [-0.25, -0.2) is 9.59 Å². The highest BCUT2D eigenvalue weighted by atomic mass is 16.6. The number of amides is 2. The van der Waals surface area contributed by atoms with E-state index in [0.717, 1.165) is 5.56 Å². The van der Waals surface area contributed by atoms with E-state index >= 15 is 0 Å². The maximum absolute atomic E-state index is 11.6. The lowest BCUT2D eigenvalue weighted by molar-refractivity contribution is 0.0527. The highest BCUT2D eigenvalue weighted by molar-refractivity contribution is 5.67. The molecule has 0 saturated carbocycles. The number of hydrogen-bond acceptors (Lipinski definition) is 6. The number of rotatable bonds is 10. The first kappa shape index (κ1) is 22.7. The van der Waals surface area contributed by atoms with Gasteiger partial charge < -0.3 is 30.5 Å². The molecule has 0 fully saturated rings. The lowest BCUT2D eigenvalue weighted by atomic mass is 10.2. The number of benzene rings is 1. The number of nitrogens with one attached hydrogen (secondary N) is 3. The molecule has 8 heteroatoms. The van der Waals surface area contributed by atoms with Crippen molar-refractivity contribution in [1.82, 2.24) is 16.0 Å². The summed E-state index contributed by atoms with van der Waals surface area (Å²) in [5.74, 6) is 0. The van der Waals surface area contributed by atoms with Crippen molar-refractivity contribution in [2.45, 2.75) is 45.5 Å². The second-order valence-corrected chi connectivity index (χ2v) is 7.08. The van der Waals surface area contributed by atoms with E-state index in [1.165, 1.54) is 0 Å². The van der Waals surface area contributed by atoms with Gasteiger partial charge in [0.1, 0.15) is 12.2 Å². The van der Waals surface area contributed by atoms with Gasteiger partial charge in [-0.05, 0) is 39.3 Å². The summed E-state index contributed by atoms with van der Waals surface area (Å²) in [6.07, 6.45) is -1.05. The number of carbonyl (C=O) groups excluding carboxylic acids is 2. The minimum atomic E-state index is -0.729. The Kier molecular flexibility index (Phi) is 10.2. The second kappa shape index (κ2) is 12.1. The van der Waals surface area contributed by atoms with E-state index in [2.05, 4.69) is 16.0 Å². The zero-order valence-corrected chi connectivity index (χ0v) is 16.3. The average Bonchev–Trinajstić information content (AvgIpc) is 2.60. The van der Waals surface area contributed by atoms with Crippen molar-refractivity contribution < 1.29 is 24.2 Å². The van der Waals surface area contributed by atoms with Crippen LogP contribution in [0.4, 0.5) is 9.59 Å². The minimum absolute atomic E-state index is 0.0940. The van der Waals surface area contributed by atoms with E-state index in [4.69, 9.17) is 9.47 Å². The van der Waals surface area contributed by atoms with E-state index in [9.17, 15) is 14.7 Å². The summed E-state index contributed by atoms with van der Waals surface area (Å²) in [4.78, 5) is 23.0. The topological polar surface area (TPSA) is 109 Å². The zero-order valence-electron chi connectivity index (χ0n) is 16.3. The molecular weight excluding hydrogens is 350 g/mol. The monoisotopic (exact) mass is 381 g/mol. The molecule has 0 aliphatic rings. The molecule has 1 aromatic carbocycles. The van der Waals surface area contributed by atoms with Crippen LogP contribution in [0, 0.1) is 0 Å². The molecule has 0 aromatic heterocycles. The van der Waals surface area contributed by atoms with Gasteiger partial charge in [0.2, 0.25) is 0 Å². The lowest BCUT2D eigenvalue weighted by Gasteiger charge is -2.19. The van der Waals surface area contributed by atoms with Gasteiger partial charge >= 0.3 is 12.2 Å². The summed E-state index contributed by atoms with van der Waals surface area (Å²) in [5, 5.41) is 18.1. The maximum Gasteiger partial charge on any atom is 0.407 e. The fraction of sp³-hybridized carbons (Fsp3) is 0.579. The molecule has 4 N–H and O–H groups in total. The lowest BCUT2D eigenvalue weighted by Crippen LogP contribution is -2.39. The number of aliphatic hydroxyl groups is 1. The van der Waals surface area contributed by atoms with Gasteiger partial charge in [-0.1, -0.05) is 30.3 Å². The Morgan fingerprint density at radius 3 is 2.41 bits per heavy atom. The summed E-state index contributed by atoms with van der Waals surface area (Å²) in [7, 11) is 0. The summed E-state index contributed by atoms with van der Waals surface area (Å²) >= 11 is 0. The number of ether oxygens (including phenoxy) is 2. The molecule has 0 aliphatic carbocycles. The molecule has 1 rings (SSSR count). The first-order valence-electron chi connectivity index (χ1n) is 9.06. The van der Waals surface area contributed by atoms with Crippen molar-refractivity contribution >= 4 is 12.2 Å². The SMILES string of the molecule is CC(C)(C)OC(=O)NCCCNCC(O)CNC(=O)OCc1ccccc1. The van der Waals surface area contributed by atoms with E-state index < -0.39 is 23.9 Å². The van der Waals surface area contributed by atoms with Crippen molar-refractivity contribution in [3.05, 3.63) is 35.9 Å². The summed E-state index contributed by atoms with van der Waals surface area (Å²) in [5.41, 5.74) is 0.386. The fourth-order valence-corrected chi connectivity index (χ4v) is 2.03. The van der Waals surface area contributed by atoms with E-state index in [-0.39, 0.29) is 13.2 Å². The molecular formula is C19H31N3O5. The van der Waals surface area contributed by atoms with Crippen molar-refractivity contribution in [1.29, 1.82) is 0 Å². The molecule has 1 atom stereocenters. The van der Waals surface area contributed by atoms with Gasteiger partial charge in [-0.3, -0.25) is 0 Å². The van der Waals surface area contributed by atoms with Crippen molar-refractivity contribution in [3.8, 4) is 0 Å². The summed E-state index contributed by atoms with van der Waals surface area (Å²) in [6, 6.07) is 9.36. The van der Waals surface area contributed by atoms with Gasteiger partial charge in [0.05, 0.1) is 6.10 Å². The van der Waals surface area contributed by atoms with Crippen LogP contribution in [0.3, 0.4) is 0 Å². The number of alkyl carbamates (subject to hydrolysis) is 2. The van der Waals surface area contributed by atoms with Crippen molar-refractivity contribution in [3.63, 3.8) is 0 Å². The van der Waals surface area contributed by atoms with Crippen LogP contribution in [0.25, 0.3) is 0 Å². The maximum atomic E-state index is 11.6. The van der Waals surface area contributed by atoms with Gasteiger partial charge in [0.25, 0.3) is 0 Å². The molecule has 27 heavy (non-hydrogen) atoms. The largest absolute Gasteiger partial charge is 0.445 e. The minimum Gasteiger partial charge on any atom is -0.445 e. The number of carbonyl (C=O) groups is 2. The van der Waals surface area contributed by atoms with Crippen LogP contribution < -0.4 is 16.0 Å². The Labute approximate surface area is 160 Å². The Bertz CT molecular complexity index is 560. The highest BCUT2D eigenvalue weighted by Crippen LogP contribution is 2.06. The molecule has 2 amide bonds. The third-order valence-electron chi connectivity index (χ3n) is 3.27. The molecule has 0 heterocycles. The predicted octanol–water partition coefficient (Wildman–Crippen LogP) is 1.78. The van der Waals surface area contributed by atoms with Crippen LogP contribution in [-0.2, 0) is 16.1 Å². The van der Waals surface area contributed by atoms with Crippen LogP contribution in [0.2, 0.25) is 0 Å². The Hall–Kier alpha value is -2.32. The quantitative estimate of drug-likeness (QED) is 0.460. The summed E-state index contributed by atoms with van der Waals surface area (Å²) in [6.45, 7) is 7.12. The standard InChI is InChI=1S/C19H31N3O5/c1-19(2,3)27-18(25)21-11-7-10-20-12-16(23)13-22-17(24)26-14-15-8-5-4-6-9-15/h4-6,8-9,16,20,23H,7,10-14H2,1-3H3,(H,21,25)(H,22,24). The molecule has 8 nitrogen and oxygen atoms in total. The third kappa shape index (κ3) is 12.6. The van der Waals surface area contributed by atoms with Crippen molar-refractivity contribution in [2.75, 3.05) is 26.2 Å². The second-order valence-electron chi connectivity index (χ2n) is 7.08. The van der Waals surface area contributed by atoms with Crippen LogP contribution in [0.1, 0.15) is 32.8 Å². The van der Waals surface area contributed by atoms with Gasteiger partial charge in [-0.15, -0.1) is 0 Å². The van der Waals surface area contributed by atoms with E-state index in [0.29, 0.717) is 26.1 Å². The third-order valence-corrected chi connectivity index (χ3v) is 3.27. The molecule has 1 aromatic rings. The Morgan fingerprint density at radius 2 is 1.74 bits per heavy atom. The van der Waals surface area contributed by atoms with Crippen LogP contribution in [0.15, 0.2) is 30.3 Å². The van der Waals surface area contributed by atoms with E-state index in [1.54, 1.807) is 20.8 Å². The van der Waals surface area contributed by atoms with Gasteiger partial charge in [-0.2, -0.15) is 0 Å². The smallest absolute Gasteiger partial charge is 0.407 e. The number of hydrogen-bond donors (Lipinski definition) is 4. The zero-order chi connectivity index (χ0) is 20.1. The first-order chi connectivity index (χ1) is 12.8. The van der Waals surface area contributed by atoms with E-state index in [1.807, 2.05) is 30.3 Å². The summed E-state index contributed by atoms with van der Waals surface area (Å²) < 4.78 is 10.2. The van der Waals surface area contributed by atoms with Crippen LogP contribution in [-0.4, -0.2) is 55.2 Å². The van der Waals surface area contributed by atoms with Gasteiger partial charge in [0, 0.05) is 19.6 Å². The predicted molar refractivity (Wildman–Crippen MR) is 102 cm³/mol. The molecule has 0 spiro atoms. The molecule has 0 bridgehead atoms. The Morgan fingerprint density at radius 1 is 1.04 bits per heavy atom. The molecule has 0 aliphatic heterocycles. The van der Waals surface area contributed by atoms with Crippen molar-refractivity contribution in [2.24, 2.45) is 0 Å². The molecule has 0 saturated heterocycles. The highest BCUT2D eigenvalue weighted by Gasteiger charge is 2.15. The molecule has 0 radical (unpaired) electrons. The normalized spacial score (nSPS) is 12.1. The number of aliphatic hydroxyl groups excluding tert-OH is 1. The first-order valence-corrected chi connectivity index (χ1v) is 9.06. The molecule has 1 unspecified atom stereocenters. The van der Waals surface area contributed by atoms with Gasteiger partial charge in [0.15, 0.2) is 0 Å². The van der Waals surface area contributed by atoms with Crippen LogP contribution in [0.5, 0.6) is 0 Å². The average molecular weight is 381 g/mol.